The maximum absolute atomic E-state index is 12.6. The monoisotopic (exact) mass is 422 g/mol. The molecule has 0 unspecified atom stereocenters. The molecular weight excluding hydrogens is 394 g/mol. The molecule has 7 heteroatoms. The van der Waals surface area contributed by atoms with Gasteiger partial charge in [-0.1, -0.05) is 12.1 Å². The van der Waals surface area contributed by atoms with Crippen molar-refractivity contribution in [3.8, 4) is 0 Å². The van der Waals surface area contributed by atoms with Crippen molar-refractivity contribution in [2.45, 2.75) is 33.1 Å². The summed E-state index contributed by atoms with van der Waals surface area (Å²) in [6.45, 7) is 8.36. The lowest BCUT2D eigenvalue weighted by molar-refractivity contribution is -0.892. The Bertz CT molecular complexity index is 1100. The molecule has 0 bridgehead atoms. The molecule has 6 nitrogen and oxygen atoms in total. The molecule has 1 aliphatic heterocycles. The third kappa shape index (κ3) is 3.56. The number of rotatable bonds is 4. The molecule has 3 aromatic rings. The number of anilines is 2. The summed E-state index contributed by atoms with van der Waals surface area (Å²) < 4.78 is 0. The van der Waals surface area contributed by atoms with Crippen molar-refractivity contribution in [3.63, 3.8) is 0 Å². The smallest absolute Gasteiger partial charge is 0.279 e. The highest BCUT2D eigenvalue weighted by atomic mass is 32.1. The zero-order valence-electron chi connectivity index (χ0n) is 17.6. The number of carbonyl (C=O) groups excluding carboxylic acids is 1. The second-order valence-corrected chi connectivity index (χ2v) is 9.53. The Morgan fingerprint density at radius 1 is 1.20 bits per heavy atom. The molecule has 1 amide bonds. The van der Waals surface area contributed by atoms with E-state index in [9.17, 15) is 4.79 Å². The van der Waals surface area contributed by atoms with E-state index >= 15 is 0 Å². The van der Waals surface area contributed by atoms with Crippen LogP contribution in [0.1, 0.15) is 28.0 Å². The van der Waals surface area contributed by atoms with Crippen molar-refractivity contribution in [2.24, 2.45) is 0 Å². The molecule has 1 fully saturated rings. The van der Waals surface area contributed by atoms with Gasteiger partial charge in [-0.3, -0.25) is 4.79 Å². The minimum atomic E-state index is 0.0900. The third-order valence-electron chi connectivity index (χ3n) is 6.54. The Morgan fingerprint density at radius 3 is 2.87 bits per heavy atom. The second-order valence-electron chi connectivity index (χ2n) is 8.44. The highest BCUT2D eigenvalue weighted by Gasteiger charge is 2.27. The standard InChI is InChI=1S/C23H27N5OS/c1-15-5-3-7-18(16(15)2)26-20(29)13-27-9-11-28(12-10-27)22-21-17-6-4-8-19(17)30-23(21)25-14-24-22/h3,5,7,14H,4,6,8-13H2,1-2H3,(H,26,29)/p+1. The average Bonchev–Trinajstić information content (AvgIpc) is 3.33. The Hall–Kier alpha value is -2.51. The summed E-state index contributed by atoms with van der Waals surface area (Å²) in [4.78, 5) is 28.2. The van der Waals surface area contributed by atoms with Gasteiger partial charge in [-0.2, -0.15) is 0 Å². The van der Waals surface area contributed by atoms with E-state index in [1.807, 2.05) is 23.5 Å². The molecule has 0 radical (unpaired) electrons. The van der Waals surface area contributed by atoms with Gasteiger partial charge in [-0.25, -0.2) is 9.97 Å². The fraction of sp³-hybridized carbons (Fsp3) is 0.435. The molecule has 30 heavy (non-hydrogen) atoms. The molecule has 1 aromatic carbocycles. The molecule has 3 heterocycles. The first-order valence-corrected chi connectivity index (χ1v) is 11.6. The summed E-state index contributed by atoms with van der Waals surface area (Å²) in [6, 6.07) is 6.04. The van der Waals surface area contributed by atoms with Crippen LogP contribution in [0.2, 0.25) is 0 Å². The number of benzene rings is 1. The number of piperazine rings is 1. The lowest BCUT2D eigenvalue weighted by Crippen LogP contribution is -3.15. The van der Waals surface area contributed by atoms with Crippen LogP contribution in [0.5, 0.6) is 0 Å². The first-order valence-electron chi connectivity index (χ1n) is 10.8. The number of thiophene rings is 1. The molecule has 2 aliphatic rings. The molecular formula is C23H28N5OS+. The lowest BCUT2D eigenvalue weighted by atomic mass is 10.1. The van der Waals surface area contributed by atoms with Crippen LogP contribution in [-0.2, 0) is 17.6 Å². The number of carbonyl (C=O) groups is 1. The summed E-state index contributed by atoms with van der Waals surface area (Å²) >= 11 is 1.84. The summed E-state index contributed by atoms with van der Waals surface area (Å²) in [7, 11) is 0. The van der Waals surface area contributed by atoms with Crippen molar-refractivity contribution in [1.29, 1.82) is 0 Å². The van der Waals surface area contributed by atoms with Crippen LogP contribution in [-0.4, -0.2) is 48.6 Å². The molecule has 0 saturated carbocycles. The van der Waals surface area contributed by atoms with Gasteiger partial charge in [0.2, 0.25) is 0 Å². The van der Waals surface area contributed by atoms with Crippen LogP contribution in [0.4, 0.5) is 11.5 Å². The number of fused-ring (bicyclic) bond motifs is 3. The van der Waals surface area contributed by atoms with E-state index in [2.05, 4.69) is 40.1 Å². The van der Waals surface area contributed by atoms with E-state index in [0.717, 1.165) is 54.5 Å². The van der Waals surface area contributed by atoms with E-state index in [0.29, 0.717) is 6.54 Å². The Morgan fingerprint density at radius 2 is 2.03 bits per heavy atom. The van der Waals surface area contributed by atoms with E-state index in [1.54, 1.807) is 6.33 Å². The summed E-state index contributed by atoms with van der Waals surface area (Å²) in [6.07, 6.45) is 5.29. The average molecular weight is 423 g/mol. The zero-order chi connectivity index (χ0) is 20.7. The number of nitrogens with zero attached hydrogens (tertiary/aromatic N) is 3. The first-order chi connectivity index (χ1) is 14.6. The number of amides is 1. The van der Waals surface area contributed by atoms with Crippen molar-refractivity contribution >= 4 is 39.0 Å². The minimum Gasteiger partial charge on any atom is -0.345 e. The largest absolute Gasteiger partial charge is 0.345 e. The summed E-state index contributed by atoms with van der Waals surface area (Å²) in [5, 5.41) is 4.38. The predicted octanol–water partition coefficient (Wildman–Crippen LogP) is 2.14. The minimum absolute atomic E-state index is 0.0900. The molecule has 5 rings (SSSR count). The van der Waals surface area contributed by atoms with Crippen LogP contribution >= 0.6 is 11.3 Å². The third-order valence-corrected chi connectivity index (χ3v) is 7.74. The number of aromatic nitrogens is 2. The normalized spacial score (nSPS) is 16.8. The Balaban J connectivity index is 1.23. The summed E-state index contributed by atoms with van der Waals surface area (Å²) in [5.74, 6) is 1.19. The number of quaternary nitrogens is 1. The number of aryl methyl sites for hydroxylation is 3. The van der Waals surface area contributed by atoms with Gasteiger partial charge < -0.3 is 15.1 Å². The maximum Gasteiger partial charge on any atom is 0.279 e. The highest BCUT2D eigenvalue weighted by molar-refractivity contribution is 7.19. The fourth-order valence-corrected chi connectivity index (χ4v) is 5.89. The molecule has 2 N–H and O–H groups in total. The zero-order valence-corrected chi connectivity index (χ0v) is 18.4. The van der Waals surface area contributed by atoms with Crippen molar-refractivity contribution in [3.05, 3.63) is 46.1 Å². The topological polar surface area (TPSA) is 62.6 Å². The van der Waals surface area contributed by atoms with Crippen molar-refractivity contribution in [2.75, 3.05) is 42.9 Å². The molecule has 1 aliphatic carbocycles. The van der Waals surface area contributed by atoms with Gasteiger partial charge >= 0.3 is 0 Å². The lowest BCUT2D eigenvalue weighted by Gasteiger charge is -2.33. The van der Waals surface area contributed by atoms with E-state index in [1.165, 1.54) is 39.1 Å². The van der Waals surface area contributed by atoms with Gasteiger partial charge in [0.05, 0.1) is 31.6 Å². The van der Waals surface area contributed by atoms with Crippen LogP contribution in [0.25, 0.3) is 10.2 Å². The van der Waals surface area contributed by atoms with Crippen LogP contribution in [0, 0.1) is 13.8 Å². The highest BCUT2D eigenvalue weighted by Crippen LogP contribution is 2.40. The molecule has 2 aromatic heterocycles. The van der Waals surface area contributed by atoms with Crippen LogP contribution in [0.15, 0.2) is 24.5 Å². The molecule has 156 valence electrons. The Kier molecular flexibility index (Phi) is 5.16. The van der Waals surface area contributed by atoms with Crippen LogP contribution in [0.3, 0.4) is 0 Å². The SMILES string of the molecule is Cc1cccc(NC(=O)C[NH+]2CCN(c3ncnc4sc5c(c34)CCC5)CC2)c1C. The van der Waals surface area contributed by atoms with Gasteiger partial charge in [0.1, 0.15) is 17.0 Å². The van der Waals surface area contributed by atoms with E-state index < -0.39 is 0 Å². The molecule has 0 atom stereocenters. The summed E-state index contributed by atoms with van der Waals surface area (Å²) in [5.41, 5.74) is 4.74. The second kappa shape index (κ2) is 7.96. The van der Waals surface area contributed by atoms with Crippen LogP contribution < -0.4 is 15.1 Å². The maximum atomic E-state index is 12.6. The molecule has 0 spiro atoms. The first kappa shape index (κ1) is 19.5. The number of hydrogen-bond acceptors (Lipinski definition) is 5. The molecule has 1 saturated heterocycles. The quantitative estimate of drug-likeness (QED) is 0.676. The number of nitrogens with one attached hydrogen (secondary N) is 2. The Labute approximate surface area is 180 Å². The van der Waals surface area contributed by atoms with Gasteiger partial charge in [0, 0.05) is 10.6 Å². The van der Waals surface area contributed by atoms with E-state index in [-0.39, 0.29) is 5.91 Å². The van der Waals surface area contributed by atoms with E-state index in [4.69, 9.17) is 0 Å². The number of hydrogen-bond donors (Lipinski definition) is 2. The van der Waals surface area contributed by atoms with Gasteiger partial charge in [-0.05, 0) is 55.9 Å². The predicted molar refractivity (Wildman–Crippen MR) is 122 cm³/mol. The fourth-order valence-electron chi connectivity index (χ4n) is 4.67. The van der Waals surface area contributed by atoms with Crippen molar-refractivity contribution in [1.82, 2.24) is 9.97 Å². The van der Waals surface area contributed by atoms with Gasteiger partial charge in [0.25, 0.3) is 5.91 Å². The van der Waals surface area contributed by atoms with Gasteiger partial charge in [0.15, 0.2) is 6.54 Å². The van der Waals surface area contributed by atoms with Gasteiger partial charge in [-0.15, -0.1) is 11.3 Å². The van der Waals surface area contributed by atoms with Crippen molar-refractivity contribution < 1.29 is 9.69 Å².